The first-order chi connectivity index (χ1) is 12.8. The average molecular weight is 394 g/mol. The van der Waals surface area contributed by atoms with Crippen molar-refractivity contribution in [3.63, 3.8) is 0 Å². The molecule has 27 heavy (non-hydrogen) atoms. The minimum Gasteiger partial charge on any atom is -0.496 e. The molecule has 3 aliphatic heterocycles. The highest BCUT2D eigenvalue weighted by Gasteiger charge is 2.46. The van der Waals surface area contributed by atoms with E-state index in [9.17, 15) is 18.0 Å². The summed E-state index contributed by atoms with van der Waals surface area (Å²) in [7, 11) is -2.28. The van der Waals surface area contributed by atoms with E-state index in [0.717, 1.165) is 13.1 Å². The zero-order valence-corrected chi connectivity index (χ0v) is 15.9. The number of methoxy groups -OCH3 is 1. The van der Waals surface area contributed by atoms with Gasteiger partial charge in [0.1, 0.15) is 11.3 Å². The van der Waals surface area contributed by atoms with E-state index in [1.807, 2.05) is 0 Å². The maximum Gasteiger partial charge on any atom is 0.322 e. The third-order valence-electron chi connectivity index (χ3n) is 5.75. The number of amides is 3. The number of urea groups is 1. The third kappa shape index (κ3) is 2.79. The van der Waals surface area contributed by atoms with Crippen LogP contribution in [0.15, 0.2) is 23.1 Å². The first-order valence-corrected chi connectivity index (χ1v) is 10.2. The summed E-state index contributed by atoms with van der Waals surface area (Å²) in [4.78, 5) is 24.0. The Morgan fingerprint density at radius 1 is 1.19 bits per heavy atom. The Balaban J connectivity index is 1.72. The molecule has 1 unspecified atom stereocenters. The predicted molar refractivity (Wildman–Crippen MR) is 95.6 cm³/mol. The van der Waals surface area contributed by atoms with Gasteiger partial charge in [-0.3, -0.25) is 10.1 Å². The van der Waals surface area contributed by atoms with Crippen LogP contribution in [0.4, 0.5) is 4.79 Å². The van der Waals surface area contributed by atoms with E-state index in [4.69, 9.17) is 4.74 Å². The average Bonchev–Trinajstić information content (AvgIpc) is 3.28. The number of hydrogen-bond acceptors (Lipinski definition) is 6. The molecular formula is C17H22N4O5S. The number of imide groups is 1. The molecular weight excluding hydrogens is 372 g/mol. The molecule has 10 heteroatoms. The summed E-state index contributed by atoms with van der Waals surface area (Å²) in [6, 6.07) is 3.79. The molecule has 0 bridgehead atoms. The quantitative estimate of drug-likeness (QED) is 0.598. The molecule has 0 aliphatic carbocycles. The molecule has 0 radical (unpaired) electrons. The standard InChI is InChI=1S/C17H22N4O5S/c1-17(15(22)19-16(23)20-17)13-5-12(3-4-14(13)26-2)27(24,25)21-8-10-6-18-7-11(10)9-21/h3-5,10-11,18H,6-9H2,1-2H3,(H2,19,20,22,23)/t10-,11+,17?. The Labute approximate surface area is 157 Å². The van der Waals surface area contributed by atoms with Crippen LogP contribution in [0.5, 0.6) is 5.75 Å². The van der Waals surface area contributed by atoms with E-state index >= 15 is 0 Å². The first-order valence-electron chi connectivity index (χ1n) is 8.78. The monoisotopic (exact) mass is 394 g/mol. The third-order valence-corrected chi connectivity index (χ3v) is 7.58. The van der Waals surface area contributed by atoms with E-state index in [1.165, 1.54) is 36.5 Å². The second-order valence-corrected chi connectivity index (χ2v) is 9.33. The molecule has 0 aromatic heterocycles. The molecule has 1 aromatic rings. The highest BCUT2D eigenvalue weighted by atomic mass is 32.2. The first kappa shape index (κ1) is 18.2. The van der Waals surface area contributed by atoms with E-state index in [0.29, 0.717) is 36.2 Å². The highest BCUT2D eigenvalue weighted by molar-refractivity contribution is 7.89. The maximum absolute atomic E-state index is 13.2. The van der Waals surface area contributed by atoms with Crippen LogP contribution in [-0.4, -0.2) is 58.0 Å². The number of hydrogen-bond donors (Lipinski definition) is 3. The van der Waals surface area contributed by atoms with Crippen LogP contribution < -0.4 is 20.7 Å². The zero-order valence-electron chi connectivity index (χ0n) is 15.1. The summed E-state index contributed by atoms with van der Waals surface area (Å²) in [5, 5.41) is 8.03. The molecule has 0 saturated carbocycles. The maximum atomic E-state index is 13.2. The number of ether oxygens (including phenoxy) is 1. The summed E-state index contributed by atoms with van der Waals surface area (Å²) in [6.07, 6.45) is 0. The molecule has 3 saturated heterocycles. The van der Waals surface area contributed by atoms with E-state index in [1.54, 1.807) is 0 Å². The number of rotatable bonds is 4. The molecule has 9 nitrogen and oxygen atoms in total. The number of carbonyl (C=O) groups is 2. The summed E-state index contributed by atoms with van der Waals surface area (Å²) in [5.74, 6) is 0.434. The van der Waals surface area contributed by atoms with Crippen LogP contribution in [0.25, 0.3) is 0 Å². The smallest absolute Gasteiger partial charge is 0.322 e. The minimum atomic E-state index is -3.71. The number of carbonyl (C=O) groups excluding carboxylic acids is 2. The lowest BCUT2D eigenvalue weighted by Crippen LogP contribution is -2.41. The molecule has 3 atom stereocenters. The van der Waals surface area contributed by atoms with E-state index in [2.05, 4.69) is 16.0 Å². The van der Waals surface area contributed by atoms with Gasteiger partial charge in [0.2, 0.25) is 10.0 Å². The SMILES string of the molecule is COc1ccc(S(=O)(=O)N2C[C@H]3CNC[C@H]3C2)cc1C1(C)NC(=O)NC1=O. The lowest BCUT2D eigenvalue weighted by molar-refractivity contribution is -0.123. The Hall–Kier alpha value is -2.17. The molecule has 3 amide bonds. The van der Waals surface area contributed by atoms with Crippen LogP contribution in [0.3, 0.4) is 0 Å². The molecule has 1 aromatic carbocycles. The molecule has 146 valence electrons. The van der Waals surface area contributed by atoms with Crippen molar-refractivity contribution in [2.24, 2.45) is 11.8 Å². The van der Waals surface area contributed by atoms with Crippen LogP contribution in [0.1, 0.15) is 12.5 Å². The van der Waals surface area contributed by atoms with Crippen molar-refractivity contribution < 1.29 is 22.7 Å². The fourth-order valence-electron chi connectivity index (χ4n) is 4.13. The van der Waals surface area contributed by atoms with Gasteiger partial charge in [0.05, 0.1) is 12.0 Å². The van der Waals surface area contributed by atoms with Crippen molar-refractivity contribution in [2.75, 3.05) is 33.3 Å². The van der Waals surface area contributed by atoms with Crippen molar-refractivity contribution in [3.05, 3.63) is 23.8 Å². The summed E-state index contributed by atoms with van der Waals surface area (Å²) in [5.41, 5.74) is -1.10. The summed E-state index contributed by atoms with van der Waals surface area (Å²) in [6.45, 7) is 4.14. The predicted octanol–water partition coefficient (Wildman–Crippen LogP) is -0.410. The van der Waals surface area contributed by atoms with Crippen LogP contribution in [-0.2, 0) is 20.4 Å². The zero-order chi connectivity index (χ0) is 19.4. The van der Waals surface area contributed by atoms with Gasteiger partial charge in [0.15, 0.2) is 0 Å². The van der Waals surface area contributed by atoms with Gasteiger partial charge in [0, 0.05) is 18.7 Å². The largest absolute Gasteiger partial charge is 0.496 e. The van der Waals surface area contributed by atoms with Crippen molar-refractivity contribution in [3.8, 4) is 5.75 Å². The number of nitrogens with zero attached hydrogens (tertiary/aromatic N) is 1. The van der Waals surface area contributed by atoms with Crippen LogP contribution >= 0.6 is 0 Å². The molecule has 3 fully saturated rings. The number of sulfonamides is 1. The highest BCUT2D eigenvalue weighted by Crippen LogP contribution is 2.36. The number of fused-ring (bicyclic) bond motifs is 1. The molecule has 4 rings (SSSR count). The van der Waals surface area contributed by atoms with Crippen molar-refractivity contribution in [2.45, 2.75) is 17.4 Å². The topological polar surface area (TPSA) is 117 Å². The molecule has 3 heterocycles. The van der Waals surface area contributed by atoms with Crippen molar-refractivity contribution >= 4 is 22.0 Å². The van der Waals surface area contributed by atoms with Gasteiger partial charge >= 0.3 is 6.03 Å². The summed E-state index contributed by atoms with van der Waals surface area (Å²) < 4.78 is 33.1. The van der Waals surface area contributed by atoms with Gasteiger partial charge in [0.25, 0.3) is 5.91 Å². The van der Waals surface area contributed by atoms with Gasteiger partial charge in [-0.05, 0) is 50.0 Å². The molecule has 3 N–H and O–H groups in total. The van der Waals surface area contributed by atoms with Crippen molar-refractivity contribution in [1.82, 2.24) is 20.3 Å². The lowest BCUT2D eigenvalue weighted by atomic mass is 9.91. The van der Waals surface area contributed by atoms with Gasteiger partial charge in [-0.1, -0.05) is 0 Å². The van der Waals surface area contributed by atoms with Gasteiger partial charge < -0.3 is 15.4 Å². The van der Waals surface area contributed by atoms with Gasteiger partial charge in [-0.25, -0.2) is 13.2 Å². The van der Waals surface area contributed by atoms with E-state index < -0.39 is 27.5 Å². The van der Waals surface area contributed by atoms with Gasteiger partial charge in [-0.2, -0.15) is 4.31 Å². The fraction of sp³-hybridized carbons (Fsp3) is 0.529. The number of nitrogens with one attached hydrogen (secondary N) is 3. The van der Waals surface area contributed by atoms with E-state index in [-0.39, 0.29) is 4.90 Å². The second-order valence-electron chi connectivity index (χ2n) is 7.40. The molecule has 0 spiro atoms. The van der Waals surface area contributed by atoms with Crippen LogP contribution in [0, 0.1) is 11.8 Å². The Kier molecular flexibility index (Phi) is 4.17. The normalized spacial score (nSPS) is 30.9. The number of benzene rings is 1. The second kappa shape index (κ2) is 6.18. The fourth-order valence-corrected chi connectivity index (χ4v) is 5.71. The van der Waals surface area contributed by atoms with Crippen molar-refractivity contribution in [1.29, 1.82) is 0 Å². The summed E-state index contributed by atoms with van der Waals surface area (Å²) >= 11 is 0. The van der Waals surface area contributed by atoms with Crippen LogP contribution in [0.2, 0.25) is 0 Å². The van der Waals surface area contributed by atoms with Gasteiger partial charge in [-0.15, -0.1) is 0 Å². The Bertz CT molecular complexity index is 906. The Morgan fingerprint density at radius 2 is 1.85 bits per heavy atom. The Morgan fingerprint density at radius 3 is 2.41 bits per heavy atom. The molecule has 3 aliphatic rings. The minimum absolute atomic E-state index is 0.0846. The lowest BCUT2D eigenvalue weighted by Gasteiger charge is -2.25.